The molecule has 0 atom stereocenters. The van der Waals surface area contributed by atoms with Crippen molar-refractivity contribution in [2.24, 2.45) is 20.0 Å². The Morgan fingerprint density at radius 2 is 0.931 bits per heavy atom. The topological polar surface area (TPSA) is 258 Å². The highest BCUT2D eigenvalue weighted by atomic mass is 16.5. The average Bonchev–Trinajstić information content (AvgIpc) is 1.62. The number of aromatic amines is 5. The van der Waals surface area contributed by atoms with E-state index in [-0.39, 0.29) is 25.2 Å². The molecule has 1 amide bonds. The van der Waals surface area contributed by atoms with Crippen LogP contribution in [0.15, 0.2) is 242 Å². The van der Waals surface area contributed by atoms with Gasteiger partial charge in [0.25, 0.3) is 5.91 Å². The van der Waals surface area contributed by atoms with E-state index in [0.29, 0.717) is 35.0 Å². The zero-order chi connectivity index (χ0) is 81.6. The summed E-state index contributed by atoms with van der Waals surface area (Å²) in [5.74, 6) is 2.75. The lowest BCUT2D eigenvalue weighted by Crippen LogP contribution is -2.29. The molecule has 116 heavy (non-hydrogen) atoms. The predicted molar refractivity (Wildman–Crippen MR) is 464 cm³/mol. The van der Waals surface area contributed by atoms with Crippen molar-refractivity contribution < 1.29 is 38.7 Å². The number of ether oxygens (including phenoxy) is 4. The molecule has 4 aliphatic heterocycles. The van der Waals surface area contributed by atoms with Crippen molar-refractivity contribution in [2.45, 2.75) is 74.8 Å². The molecule has 588 valence electrons. The molecular formula is C95H95N13O8. The normalized spacial score (nSPS) is 15.1. The molecule has 12 heterocycles. The molecule has 0 bridgehead atoms. The molecule has 5 aromatic carbocycles. The summed E-state index contributed by atoms with van der Waals surface area (Å²) in [5, 5.41) is 25.7. The van der Waals surface area contributed by atoms with E-state index in [1.165, 1.54) is 16.7 Å². The molecule has 17 rings (SSSR count). The summed E-state index contributed by atoms with van der Waals surface area (Å²) in [5.41, 5.74) is 25.7. The third kappa shape index (κ3) is 16.4. The molecule has 21 heteroatoms. The number of nitrogens with zero attached hydrogens (tertiary/aromatic N) is 8. The number of aliphatic hydroxyl groups excluding tert-OH is 2. The van der Waals surface area contributed by atoms with Gasteiger partial charge in [-0.1, -0.05) is 91.0 Å². The van der Waals surface area contributed by atoms with Crippen LogP contribution in [-0.4, -0.2) is 139 Å². The Morgan fingerprint density at radius 3 is 1.41 bits per heavy atom. The summed E-state index contributed by atoms with van der Waals surface area (Å²) in [7, 11) is 10.1. The largest absolute Gasteiger partial charge is 0.494 e. The molecule has 0 unspecified atom stereocenters. The van der Waals surface area contributed by atoms with Crippen molar-refractivity contribution >= 4 is 97.9 Å². The summed E-state index contributed by atoms with van der Waals surface area (Å²) in [4.78, 5) is 64.2. The first-order valence-electron chi connectivity index (χ1n) is 38.5. The molecule has 0 saturated carbocycles. The molecule has 21 nitrogen and oxygen atoms in total. The number of para-hydroxylation sites is 4. The molecule has 0 radical (unpaired) electrons. The Hall–Kier alpha value is -13.8. The van der Waals surface area contributed by atoms with Crippen molar-refractivity contribution in [1.82, 2.24) is 43.5 Å². The van der Waals surface area contributed by atoms with Crippen LogP contribution in [0.5, 0.6) is 5.75 Å². The van der Waals surface area contributed by atoms with Crippen molar-refractivity contribution in [3.8, 4) is 5.75 Å². The minimum absolute atomic E-state index is 0.0729. The SMILES string of the molecule is COC1=CC(c2cc3ccccc3n2C(=O)N(C)C)=N/C1=C\c1[nH]c(C)cc1C.COC1=CC(c2cc3ccccc3n2C(=O)c2ccccc2)=N/C1=C/c1[nH]c(C)cc1C.COC1=CC(c2cc3ccccc3n2CCO)=N/C1=C\c1[nH]c(C)cc1C.COc1cc(=C2C=c3ccccc3=N2)[nH]/c1=C\c1[nH]c(C)c(CCCO)c1C. The number of aromatic nitrogens is 8. The fraction of sp³-hybridized carbons (Fsp3) is 0.200. The van der Waals surface area contributed by atoms with Crippen LogP contribution < -0.4 is 26.0 Å². The molecule has 0 spiro atoms. The van der Waals surface area contributed by atoms with Crippen molar-refractivity contribution in [3.05, 3.63) is 340 Å². The molecule has 8 aromatic heterocycles. The van der Waals surface area contributed by atoms with Gasteiger partial charge in [-0.05, 0) is 199 Å². The Balaban J connectivity index is 0.000000128. The summed E-state index contributed by atoms with van der Waals surface area (Å²) in [6, 6.07) is 55.6. The van der Waals surface area contributed by atoms with E-state index in [0.717, 1.165) is 181 Å². The number of H-pyrrole nitrogens is 5. The van der Waals surface area contributed by atoms with Gasteiger partial charge in [-0.3, -0.25) is 13.9 Å². The van der Waals surface area contributed by atoms with E-state index in [2.05, 4.69) is 119 Å². The van der Waals surface area contributed by atoms with Gasteiger partial charge in [-0.2, -0.15) is 0 Å². The minimum atomic E-state index is -0.121. The number of aliphatic hydroxyl groups is 2. The van der Waals surface area contributed by atoms with Crippen LogP contribution in [0, 0.1) is 55.4 Å². The number of aliphatic imine (C=N–C) groups is 3. The van der Waals surface area contributed by atoms with Crippen molar-refractivity contribution in [3.63, 3.8) is 0 Å². The third-order valence-corrected chi connectivity index (χ3v) is 20.8. The molecular weight excluding hydrogens is 1450 g/mol. The quantitative estimate of drug-likeness (QED) is 0.0460. The Morgan fingerprint density at radius 1 is 0.466 bits per heavy atom. The second-order valence-electron chi connectivity index (χ2n) is 29.1. The molecule has 0 fully saturated rings. The van der Waals surface area contributed by atoms with Gasteiger partial charge in [0, 0.05) is 130 Å². The van der Waals surface area contributed by atoms with Crippen molar-refractivity contribution in [2.75, 3.05) is 55.7 Å². The summed E-state index contributed by atoms with van der Waals surface area (Å²) in [6.07, 6.45) is 17.5. The number of hydrogen-bond acceptors (Lipinski definition) is 12. The van der Waals surface area contributed by atoms with Gasteiger partial charge in [-0.15, -0.1) is 0 Å². The zero-order valence-corrected chi connectivity index (χ0v) is 67.7. The standard InChI is InChI=1S/C27H23N3O2.C23H24N4O2.C23H25N3O2.C22H23N3O2/c1-17-13-18(2)28-21(17)15-23-26(32-3)16-22(29-23)25-14-20-11-7-8-12-24(20)30(25)27(31)19-9-5-4-6-10-19;1-14-10-15(2)24-17(14)12-19-22(29-5)13-18(25-19)21-11-16-8-6-7-9-20(16)27(21)23(28)26(3)4;1-14-17(8-6-10-27)15(2)24-19(14)12-22-23(28-3)13-21(26-22)20-11-16-7-4-5-9-18(16)25-20;1-14-10-15(2)23-17(14)12-19-22(27-3)13-18(24-19)21-11-16-6-4-5-7-20(16)25(21)8-9-26/h4-16,28H,1-3H3;6-13,24H,1-5H3;4-5,7,9,11-13,24,26-27H,6,8,10H2,1-3H3;4-7,10-13,23,26H,8-9H2,1-3H3/b23-15+;19-12-;21-20?,22-12-;19-12-. The number of aryl methyl sites for hydroxylation is 7. The monoisotopic (exact) mass is 1550 g/mol. The number of carbonyl (C=O) groups excluding carboxylic acids is 2. The summed E-state index contributed by atoms with van der Waals surface area (Å²) in [6.45, 7) is 17.3. The van der Waals surface area contributed by atoms with Gasteiger partial charge < -0.3 is 63.5 Å². The second kappa shape index (κ2) is 34.3. The minimum Gasteiger partial charge on any atom is -0.494 e. The predicted octanol–water partition coefficient (Wildman–Crippen LogP) is 15.0. The molecule has 13 aromatic rings. The highest BCUT2D eigenvalue weighted by molar-refractivity contribution is 6.18. The highest BCUT2D eigenvalue weighted by Crippen LogP contribution is 2.34. The maximum absolute atomic E-state index is 13.5. The van der Waals surface area contributed by atoms with Gasteiger partial charge in [0.05, 0.1) is 102 Å². The first kappa shape index (κ1) is 78.9. The van der Waals surface area contributed by atoms with Crippen LogP contribution in [0.3, 0.4) is 0 Å². The number of rotatable bonds is 17. The van der Waals surface area contributed by atoms with Gasteiger partial charge in [0.1, 0.15) is 40.1 Å². The number of carbonyl (C=O) groups is 2. The summed E-state index contributed by atoms with van der Waals surface area (Å²) < 4.78 is 27.9. The Labute approximate surface area is 672 Å². The smallest absolute Gasteiger partial charge is 0.328 e. The Kier molecular flexibility index (Phi) is 23.3. The molecule has 0 aliphatic carbocycles. The van der Waals surface area contributed by atoms with Crippen LogP contribution >= 0.6 is 0 Å². The lowest BCUT2D eigenvalue weighted by Gasteiger charge is -2.14. The van der Waals surface area contributed by atoms with Crippen LogP contribution in [0.25, 0.3) is 68.8 Å². The van der Waals surface area contributed by atoms with E-state index in [1.807, 2.05) is 185 Å². The van der Waals surface area contributed by atoms with Crippen LogP contribution in [0.2, 0.25) is 0 Å². The average molecular weight is 1550 g/mol. The number of nitrogens with one attached hydrogen (secondary N) is 5. The number of allylic oxidation sites excluding steroid dienone is 3. The first-order chi connectivity index (χ1) is 56.1. The fourth-order valence-corrected chi connectivity index (χ4v) is 15.1. The number of methoxy groups -OCH3 is 4. The lowest BCUT2D eigenvalue weighted by molar-refractivity contribution is 0.0964. The maximum Gasteiger partial charge on any atom is 0.328 e. The van der Waals surface area contributed by atoms with Crippen LogP contribution in [-0.2, 0) is 27.2 Å². The number of hydrogen-bond donors (Lipinski definition) is 7. The number of fused-ring (bicyclic) bond motifs is 4. The highest BCUT2D eigenvalue weighted by Gasteiger charge is 2.28. The van der Waals surface area contributed by atoms with Gasteiger partial charge in [0.2, 0.25) is 0 Å². The van der Waals surface area contributed by atoms with Crippen molar-refractivity contribution in [1.29, 1.82) is 0 Å². The molecule has 0 saturated heterocycles. The van der Waals surface area contributed by atoms with Gasteiger partial charge in [-0.25, -0.2) is 24.8 Å². The molecule has 7 N–H and O–H groups in total. The molecule has 4 aliphatic rings. The fourth-order valence-electron chi connectivity index (χ4n) is 15.1. The van der Waals surface area contributed by atoms with Crippen LogP contribution in [0.4, 0.5) is 4.79 Å². The van der Waals surface area contributed by atoms with Crippen LogP contribution in [0.1, 0.15) is 107 Å². The van der Waals surface area contributed by atoms with E-state index in [4.69, 9.17) is 44.0 Å². The summed E-state index contributed by atoms with van der Waals surface area (Å²) >= 11 is 0. The Bertz CT molecular complexity index is 6530. The lowest BCUT2D eigenvalue weighted by atomic mass is 10.1. The van der Waals surface area contributed by atoms with E-state index in [1.54, 1.807) is 56.6 Å². The van der Waals surface area contributed by atoms with Gasteiger partial charge >= 0.3 is 6.03 Å². The number of benzene rings is 5. The third-order valence-electron chi connectivity index (χ3n) is 20.8. The van der Waals surface area contributed by atoms with E-state index in [9.17, 15) is 14.7 Å². The zero-order valence-electron chi connectivity index (χ0n) is 67.7. The number of amides is 1. The maximum atomic E-state index is 13.5. The van der Waals surface area contributed by atoms with Gasteiger partial charge in [0.15, 0.2) is 0 Å². The van der Waals surface area contributed by atoms with E-state index >= 15 is 0 Å². The van der Waals surface area contributed by atoms with E-state index < -0.39 is 0 Å². The second-order valence-corrected chi connectivity index (χ2v) is 29.1. The first-order valence-corrected chi connectivity index (χ1v) is 38.5.